The molecule has 0 aliphatic rings. The van der Waals surface area contributed by atoms with Crippen molar-refractivity contribution in [3.63, 3.8) is 0 Å². The summed E-state index contributed by atoms with van der Waals surface area (Å²) in [6, 6.07) is 0. The first-order chi connectivity index (χ1) is 16.5. The Morgan fingerprint density at radius 2 is 1.44 bits per heavy atom. The van der Waals surface area contributed by atoms with Crippen LogP contribution in [0.2, 0.25) is 0 Å². The third kappa shape index (κ3) is 22.8. The van der Waals surface area contributed by atoms with Crippen molar-refractivity contribution in [2.75, 3.05) is 6.54 Å². The summed E-state index contributed by atoms with van der Waals surface area (Å²) in [5, 5.41) is 10.9. The lowest BCUT2D eigenvalue weighted by atomic mass is 10.1. The van der Waals surface area contributed by atoms with Gasteiger partial charge in [-0.3, -0.25) is 14.4 Å². The summed E-state index contributed by atoms with van der Waals surface area (Å²) in [7, 11) is 0. The van der Waals surface area contributed by atoms with E-state index in [0.29, 0.717) is 12.8 Å². The van der Waals surface area contributed by atoms with Crippen LogP contribution in [0.1, 0.15) is 110 Å². The van der Waals surface area contributed by atoms with E-state index in [1.54, 1.807) is 0 Å². The quantitative estimate of drug-likeness (QED) is 0.103. The Balaban J connectivity index is 4.28. The van der Waals surface area contributed by atoms with Gasteiger partial charge in [0.2, 0.25) is 5.91 Å². The van der Waals surface area contributed by atoms with Gasteiger partial charge in [0.1, 0.15) is 12.6 Å². The molecular formula is C28H47NO5. The van der Waals surface area contributed by atoms with Crippen LogP contribution in [0.5, 0.6) is 0 Å². The topological polar surface area (TPSA) is 92.7 Å². The second-order valence-electron chi connectivity index (χ2n) is 8.57. The molecule has 1 atom stereocenters. The highest BCUT2D eigenvalue weighted by molar-refractivity contribution is 5.80. The van der Waals surface area contributed by atoms with Gasteiger partial charge in [-0.1, -0.05) is 83.1 Å². The van der Waals surface area contributed by atoms with Gasteiger partial charge in [-0.05, 0) is 50.7 Å². The Labute approximate surface area is 206 Å². The number of amides is 1. The van der Waals surface area contributed by atoms with Gasteiger partial charge in [-0.15, -0.1) is 0 Å². The lowest BCUT2D eigenvalue weighted by molar-refractivity contribution is -0.145. The molecule has 2 N–H and O–H groups in total. The molecule has 0 radical (unpaired) electrons. The maximum atomic E-state index is 12.3. The predicted molar refractivity (Wildman–Crippen MR) is 139 cm³/mol. The fourth-order valence-corrected chi connectivity index (χ4v) is 3.35. The fourth-order valence-electron chi connectivity index (χ4n) is 3.35. The summed E-state index contributed by atoms with van der Waals surface area (Å²) in [5.41, 5.74) is 0. The third-order valence-corrected chi connectivity index (χ3v) is 5.29. The molecule has 0 heterocycles. The smallest absolute Gasteiger partial charge is 0.322 e. The van der Waals surface area contributed by atoms with Gasteiger partial charge in [0.05, 0.1) is 0 Å². The van der Waals surface area contributed by atoms with Crippen molar-refractivity contribution in [3.05, 3.63) is 36.5 Å². The molecule has 0 aromatic heterocycles. The molecule has 0 saturated carbocycles. The van der Waals surface area contributed by atoms with Gasteiger partial charge in [-0.25, -0.2) is 0 Å². The number of ether oxygens (including phenoxy) is 1. The Morgan fingerprint density at radius 3 is 2.15 bits per heavy atom. The Morgan fingerprint density at radius 1 is 0.794 bits per heavy atom. The van der Waals surface area contributed by atoms with Crippen molar-refractivity contribution >= 4 is 17.8 Å². The number of hydrogen-bond donors (Lipinski definition) is 2. The molecule has 0 spiro atoms. The maximum absolute atomic E-state index is 12.3. The van der Waals surface area contributed by atoms with Crippen LogP contribution in [0.4, 0.5) is 0 Å². The molecule has 0 saturated heterocycles. The Hall–Kier alpha value is -2.37. The second-order valence-corrected chi connectivity index (χ2v) is 8.57. The summed E-state index contributed by atoms with van der Waals surface area (Å²) in [6.45, 7) is 3.98. The van der Waals surface area contributed by atoms with E-state index in [-0.39, 0.29) is 24.5 Å². The van der Waals surface area contributed by atoms with Crippen LogP contribution in [0, 0.1) is 0 Å². The summed E-state index contributed by atoms with van der Waals surface area (Å²) in [4.78, 5) is 34.2. The van der Waals surface area contributed by atoms with Crippen LogP contribution >= 0.6 is 0 Å². The number of carboxylic acids is 1. The van der Waals surface area contributed by atoms with E-state index in [0.717, 1.165) is 51.4 Å². The number of carboxylic acid groups (broad SMARTS) is 1. The van der Waals surface area contributed by atoms with Crippen molar-refractivity contribution in [2.45, 2.75) is 116 Å². The monoisotopic (exact) mass is 477 g/mol. The van der Waals surface area contributed by atoms with Gasteiger partial charge in [0, 0.05) is 12.8 Å². The lowest BCUT2D eigenvalue weighted by Crippen LogP contribution is -2.28. The van der Waals surface area contributed by atoms with Crippen LogP contribution < -0.4 is 5.32 Å². The fraction of sp³-hybridized carbons (Fsp3) is 0.679. The van der Waals surface area contributed by atoms with E-state index >= 15 is 0 Å². The minimum absolute atomic E-state index is 0.149. The molecule has 0 aliphatic heterocycles. The molecule has 0 aromatic carbocycles. The van der Waals surface area contributed by atoms with Crippen molar-refractivity contribution in [1.29, 1.82) is 0 Å². The normalized spacial score (nSPS) is 12.5. The number of esters is 1. The molecule has 0 fully saturated rings. The number of carbonyl (C=O) groups is 3. The van der Waals surface area contributed by atoms with Crippen LogP contribution in [0.25, 0.3) is 0 Å². The first-order valence-electron chi connectivity index (χ1n) is 13.2. The number of rotatable bonds is 22. The molecule has 0 aliphatic carbocycles. The largest absolute Gasteiger partial charge is 0.480 e. The predicted octanol–water partition coefficient (Wildman–Crippen LogP) is 6.66. The zero-order valence-electron chi connectivity index (χ0n) is 21.4. The summed E-state index contributed by atoms with van der Waals surface area (Å²) in [5.74, 6) is -1.41. The van der Waals surface area contributed by atoms with Crippen molar-refractivity contribution < 1.29 is 24.2 Å². The van der Waals surface area contributed by atoms with Gasteiger partial charge in [0.15, 0.2) is 0 Å². The molecule has 6 nitrogen and oxygen atoms in total. The minimum Gasteiger partial charge on any atom is -0.480 e. The van der Waals surface area contributed by atoms with Gasteiger partial charge in [-0.2, -0.15) is 0 Å². The first kappa shape index (κ1) is 31.6. The highest BCUT2D eigenvalue weighted by atomic mass is 16.5. The van der Waals surface area contributed by atoms with Crippen LogP contribution in [0.3, 0.4) is 0 Å². The van der Waals surface area contributed by atoms with Crippen LogP contribution in [-0.4, -0.2) is 35.6 Å². The van der Waals surface area contributed by atoms with Gasteiger partial charge in [0.25, 0.3) is 0 Å². The highest BCUT2D eigenvalue weighted by Gasteiger charge is 2.08. The molecule has 0 rings (SSSR count). The van der Waals surface area contributed by atoms with Crippen LogP contribution in [-0.2, 0) is 19.1 Å². The molecule has 6 heteroatoms. The van der Waals surface area contributed by atoms with E-state index in [9.17, 15) is 14.4 Å². The Bertz CT molecular complexity index is 624. The van der Waals surface area contributed by atoms with Gasteiger partial charge < -0.3 is 15.2 Å². The molecule has 34 heavy (non-hydrogen) atoms. The molecule has 1 amide bonds. The number of allylic oxidation sites excluding steroid dienone is 4. The zero-order chi connectivity index (χ0) is 25.3. The molecule has 0 bridgehead atoms. The third-order valence-electron chi connectivity index (χ3n) is 5.29. The lowest BCUT2D eigenvalue weighted by Gasteiger charge is -2.11. The van der Waals surface area contributed by atoms with E-state index < -0.39 is 5.97 Å². The number of nitrogens with one attached hydrogen (secondary N) is 1. The van der Waals surface area contributed by atoms with E-state index in [1.807, 2.05) is 24.3 Å². The van der Waals surface area contributed by atoms with Crippen molar-refractivity contribution in [3.8, 4) is 0 Å². The molecule has 194 valence electrons. The molecular weight excluding hydrogens is 430 g/mol. The molecule has 1 unspecified atom stereocenters. The SMILES string of the molecule is CC/C=C\C/C=C\C(/C=C\CCCCCC(=O)NCC(=O)O)OC(=O)CCCCCCCCC. The number of aliphatic carboxylic acids is 1. The standard InChI is InChI=1S/C28H47NO5/c1-3-5-7-9-10-15-19-23-28(33)34-25(20-16-12-8-6-4-2)21-17-13-11-14-18-22-26(30)29-24-27(31)32/h6,8,16-17,20-21,25H,3-5,7,9-15,18-19,22-24H2,1-2H3,(H,29,30)(H,31,32)/b8-6-,20-16-,21-17-. The number of unbranched alkanes of at least 4 members (excludes halogenated alkanes) is 9. The Kier molecular flexibility index (Phi) is 22.1. The van der Waals surface area contributed by atoms with Gasteiger partial charge >= 0.3 is 11.9 Å². The highest BCUT2D eigenvalue weighted by Crippen LogP contribution is 2.11. The maximum Gasteiger partial charge on any atom is 0.322 e. The summed E-state index contributed by atoms with van der Waals surface area (Å²) < 4.78 is 5.67. The molecule has 0 aromatic rings. The minimum atomic E-state index is -1.04. The summed E-state index contributed by atoms with van der Waals surface area (Å²) >= 11 is 0. The van der Waals surface area contributed by atoms with E-state index in [2.05, 4.69) is 31.3 Å². The van der Waals surface area contributed by atoms with Crippen LogP contribution in [0.15, 0.2) is 36.5 Å². The number of hydrogen-bond acceptors (Lipinski definition) is 4. The first-order valence-corrected chi connectivity index (χ1v) is 13.2. The van der Waals surface area contributed by atoms with E-state index in [4.69, 9.17) is 9.84 Å². The second kappa shape index (κ2) is 23.8. The summed E-state index contributed by atoms with van der Waals surface area (Å²) in [6.07, 6.45) is 26.0. The average Bonchev–Trinajstić information content (AvgIpc) is 2.81. The zero-order valence-corrected chi connectivity index (χ0v) is 21.4. The average molecular weight is 478 g/mol. The van der Waals surface area contributed by atoms with Crippen molar-refractivity contribution in [2.24, 2.45) is 0 Å². The van der Waals surface area contributed by atoms with Crippen molar-refractivity contribution in [1.82, 2.24) is 5.32 Å². The number of carbonyl (C=O) groups excluding carboxylic acids is 2. The van der Waals surface area contributed by atoms with E-state index in [1.165, 1.54) is 32.1 Å².